The summed E-state index contributed by atoms with van der Waals surface area (Å²) in [4.78, 5) is 14.2. The van der Waals surface area contributed by atoms with Crippen molar-refractivity contribution in [2.45, 2.75) is 19.8 Å². The second kappa shape index (κ2) is 5.40. The highest BCUT2D eigenvalue weighted by molar-refractivity contribution is 5.99. The predicted octanol–water partition coefficient (Wildman–Crippen LogP) is 1.42. The number of hydrogen-bond acceptors (Lipinski definition) is 3. The van der Waals surface area contributed by atoms with E-state index < -0.39 is 0 Å². The highest BCUT2D eigenvalue weighted by Crippen LogP contribution is 2.22. The lowest BCUT2D eigenvalue weighted by Crippen LogP contribution is -2.39. The van der Waals surface area contributed by atoms with Crippen LogP contribution in [0.15, 0.2) is 18.2 Å². The van der Waals surface area contributed by atoms with E-state index in [4.69, 9.17) is 10.8 Å². The SMILES string of the molecule is Cc1cccc(C(=O)N2CCC(CO)CC2)c1N. The minimum absolute atomic E-state index is 0.00703. The van der Waals surface area contributed by atoms with Crippen LogP contribution in [0.1, 0.15) is 28.8 Å². The van der Waals surface area contributed by atoms with E-state index in [1.807, 2.05) is 24.0 Å². The average Bonchev–Trinajstić information content (AvgIpc) is 2.41. The number of rotatable bonds is 2. The Morgan fingerprint density at radius 2 is 2.11 bits per heavy atom. The number of anilines is 1. The number of nitrogens with zero attached hydrogens (tertiary/aromatic N) is 1. The molecule has 0 saturated carbocycles. The fraction of sp³-hybridized carbons (Fsp3) is 0.500. The van der Waals surface area contributed by atoms with E-state index in [0.29, 0.717) is 30.3 Å². The van der Waals surface area contributed by atoms with Crippen molar-refractivity contribution in [2.75, 3.05) is 25.4 Å². The lowest BCUT2D eigenvalue weighted by atomic mass is 9.97. The van der Waals surface area contributed by atoms with E-state index in [9.17, 15) is 4.79 Å². The predicted molar refractivity (Wildman–Crippen MR) is 71.3 cm³/mol. The third-order valence-corrected chi connectivity index (χ3v) is 3.71. The molecule has 0 bridgehead atoms. The second-order valence-electron chi connectivity index (χ2n) is 4.95. The maximum Gasteiger partial charge on any atom is 0.255 e. The minimum Gasteiger partial charge on any atom is -0.398 e. The molecule has 0 spiro atoms. The molecule has 1 amide bonds. The first-order valence-electron chi connectivity index (χ1n) is 6.38. The van der Waals surface area contributed by atoms with E-state index in [0.717, 1.165) is 18.4 Å². The fourth-order valence-electron chi connectivity index (χ4n) is 2.36. The van der Waals surface area contributed by atoms with E-state index >= 15 is 0 Å². The zero-order valence-electron chi connectivity index (χ0n) is 10.7. The van der Waals surface area contributed by atoms with Gasteiger partial charge in [-0.2, -0.15) is 0 Å². The normalized spacial score (nSPS) is 16.9. The van der Waals surface area contributed by atoms with Gasteiger partial charge in [0, 0.05) is 25.4 Å². The molecular formula is C14H20N2O2. The first-order valence-corrected chi connectivity index (χ1v) is 6.38. The molecule has 1 saturated heterocycles. The van der Waals surface area contributed by atoms with Crippen molar-refractivity contribution in [1.29, 1.82) is 0 Å². The fourth-order valence-corrected chi connectivity index (χ4v) is 2.36. The van der Waals surface area contributed by atoms with Crippen LogP contribution in [0.25, 0.3) is 0 Å². The van der Waals surface area contributed by atoms with Gasteiger partial charge in [-0.15, -0.1) is 0 Å². The number of aryl methyl sites for hydroxylation is 1. The smallest absolute Gasteiger partial charge is 0.255 e. The highest BCUT2D eigenvalue weighted by Gasteiger charge is 2.24. The number of nitrogens with two attached hydrogens (primary N) is 1. The first-order chi connectivity index (χ1) is 8.63. The van der Waals surface area contributed by atoms with Gasteiger partial charge in [0.05, 0.1) is 5.56 Å². The Kier molecular flexibility index (Phi) is 3.87. The van der Waals surface area contributed by atoms with Gasteiger partial charge >= 0.3 is 0 Å². The Labute approximate surface area is 107 Å². The van der Waals surface area contributed by atoms with Crippen molar-refractivity contribution < 1.29 is 9.90 Å². The number of amides is 1. The molecule has 4 nitrogen and oxygen atoms in total. The number of carbonyl (C=O) groups is 1. The van der Waals surface area contributed by atoms with Gasteiger partial charge < -0.3 is 15.7 Å². The summed E-state index contributed by atoms with van der Waals surface area (Å²) in [5.41, 5.74) is 8.06. The van der Waals surface area contributed by atoms with Crippen LogP contribution < -0.4 is 5.73 Å². The van der Waals surface area contributed by atoms with Crippen LogP contribution in [0, 0.1) is 12.8 Å². The molecule has 1 fully saturated rings. The molecule has 1 aliphatic rings. The summed E-state index contributed by atoms with van der Waals surface area (Å²) < 4.78 is 0. The standard InChI is InChI=1S/C14H20N2O2/c1-10-3-2-4-12(13(10)15)14(18)16-7-5-11(9-17)6-8-16/h2-4,11,17H,5-9,15H2,1H3. The van der Waals surface area contributed by atoms with Crippen LogP contribution in [0.4, 0.5) is 5.69 Å². The van der Waals surface area contributed by atoms with E-state index in [1.165, 1.54) is 0 Å². The number of aliphatic hydroxyl groups is 1. The number of piperidine rings is 1. The van der Waals surface area contributed by atoms with E-state index in [2.05, 4.69) is 0 Å². The van der Waals surface area contributed by atoms with Gasteiger partial charge in [0.2, 0.25) is 0 Å². The number of aliphatic hydroxyl groups excluding tert-OH is 1. The molecule has 1 heterocycles. The van der Waals surface area contributed by atoms with Crippen LogP contribution in [0.2, 0.25) is 0 Å². The summed E-state index contributed by atoms with van der Waals surface area (Å²) in [7, 11) is 0. The van der Waals surface area contributed by atoms with Crippen molar-refractivity contribution in [1.82, 2.24) is 4.90 Å². The van der Waals surface area contributed by atoms with Gasteiger partial charge in [-0.25, -0.2) is 0 Å². The average molecular weight is 248 g/mol. The largest absolute Gasteiger partial charge is 0.398 e. The molecule has 18 heavy (non-hydrogen) atoms. The monoisotopic (exact) mass is 248 g/mol. The Balaban J connectivity index is 2.10. The van der Waals surface area contributed by atoms with Gasteiger partial charge in [-0.3, -0.25) is 4.79 Å². The number of hydrogen-bond donors (Lipinski definition) is 2. The van der Waals surface area contributed by atoms with Gasteiger partial charge in [0.25, 0.3) is 5.91 Å². The lowest BCUT2D eigenvalue weighted by Gasteiger charge is -2.31. The van der Waals surface area contributed by atoms with Crippen LogP contribution in [-0.4, -0.2) is 35.6 Å². The Bertz CT molecular complexity index is 437. The zero-order valence-corrected chi connectivity index (χ0v) is 10.7. The molecule has 0 atom stereocenters. The second-order valence-corrected chi connectivity index (χ2v) is 4.95. The molecule has 0 unspecified atom stereocenters. The number of likely N-dealkylation sites (tertiary alicyclic amines) is 1. The topological polar surface area (TPSA) is 66.6 Å². The molecule has 4 heteroatoms. The number of carbonyl (C=O) groups excluding carboxylic acids is 1. The molecule has 1 aromatic rings. The van der Waals surface area contributed by atoms with Crippen LogP contribution in [-0.2, 0) is 0 Å². The highest BCUT2D eigenvalue weighted by atomic mass is 16.3. The summed E-state index contributed by atoms with van der Waals surface area (Å²) in [5.74, 6) is 0.344. The molecule has 3 N–H and O–H groups in total. The lowest BCUT2D eigenvalue weighted by molar-refractivity contribution is 0.0652. The van der Waals surface area contributed by atoms with Gasteiger partial charge in [-0.1, -0.05) is 12.1 Å². The Morgan fingerprint density at radius 1 is 1.44 bits per heavy atom. The third kappa shape index (κ3) is 2.48. The molecule has 0 aliphatic carbocycles. The quantitative estimate of drug-likeness (QED) is 0.778. The number of nitrogen functional groups attached to an aromatic ring is 1. The number of benzene rings is 1. The van der Waals surface area contributed by atoms with Crippen molar-refractivity contribution in [2.24, 2.45) is 5.92 Å². The molecule has 1 aromatic carbocycles. The summed E-state index contributed by atoms with van der Waals surface area (Å²) >= 11 is 0. The summed E-state index contributed by atoms with van der Waals surface area (Å²) in [5, 5.41) is 9.09. The summed E-state index contributed by atoms with van der Waals surface area (Å²) in [6, 6.07) is 5.55. The minimum atomic E-state index is 0.00703. The van der Waals surface area contributed by atoms with Crippen molar-refractivity contribution in [3.63, 3.8) is 0 Å². The molecule has 0 aromatic heterocycles. The summed E-state index contributed by atoms with van der Waals surface area (Å²) in [6.45, 7) is 3.54. The van der Waals surface area contributed by atoms with Gasteiger partial charge in [0.15, 0.2) is 0 Å². The Morgan fingerprint density at radius 3 is 2.72 bits per heavy atom. The Hall–Kier alpha value is -1.55. The van der Waals surface area contributed by atoms with E-state index in [-0.39, 0.29) is 12.5 Å². The molecular weight excluding hydrogens is 228 g/mol. The van der Waals surface area contributed by atoms with Crippen molar-refractivity contribution >= 4 is 11.6 Å². The van der Waals surface area contributed by atoms with Gasteiger partial charge in [0.1, 0.15) is 0 Å². The summed E-state index contributed by atoms with van der Waals surface area (Å²) in [6.07, 6.45) is 1.74. The first kappa shape index (κ1) is 12.9. The van der Waals surface area contributed by atoms with Crippen LogP contribution >= 0.6 is 0 Å². The number of para-hydroxylation sites is 1. The van der Waals surface area contributed by atoms with Crippen LogP contribution in [0.5, 0.6) is 0 Å². The van der Waals surface area contributed by atoms with Gasteiger partial charge in [-0.05, 0) is 37.3 Å². The maximum absolute atomic E-state index is 12.4. The molecule has 1 aliphatic heterocycles. The zero-order chi connectivity index (χ0) is 13.1. The van der Waals surface area contributed by atoms with E-state index in [1.54, 1.807) is 6.07 Å². The molecule has 2 rings (SSSR count). The van der Waals surface area contributed by atoms with Crippen molar-refractivity contribution in [3.8, 4) is 0 Å². The van der Waals surface area contributed by atoms with Crippen LogP contribution in [0.3, 0.4) is 0 Å². The third-order valence-electron chi connectivity index (χ3n) is 3.71. The molecule has 98 valence electrons. The molecule has 0 radical (unpaired) electrons. The maximum atomic E-state index is 12.4. The van der Waals surface area contributed by atoms with Crippen molar-refractivity contribution in [3.05, 3.63) is 29.3 Å².